The Kier molecular flexibility index (Phi) is 5.29. The van der Waals surface area contributed by atoms with Crippen molar-refractivity contribution < 1.29 is 9.59 Å². The molecule has 8 nitrogen and oxygen atoms in total. The van der Waals surface area contributed by atoms with Crippen LogP contribution in [-0.2, 0) is 9.59 Å². The Hall–Kier alpha value is -3.94. The zero-order chi connectivity index (χ0) is 22.1. The molecule has 0 bridgehead atoms. The highest BCUT2D eigenvalue weighted by molar-refractivity contribution is 6.06. The van der Waals surface area contributed by atoms with E-state index in [9.17, 15) is 9.59 Å². The first kappa shape index (κ1) is 20.3. The first-order valence-corrected chi connectivity index (χ1v) is 9.97. The molecule has 0 saturated heterocycles. The second-order valence-electron chi connectivity index (χ2n) is 7.67. The van der Waals surface area contributed by atoms with Crippen molar-refractivity contribution in [2.24, 2.45) is 0 Å². The summed E-state index contributed by atoms with van der Waals surface area (Å²) in [4.78, 5) is 29.0. The van der Waals surface area contributed by atoms with Crippen molar-refractivity contribution >= 4 is 29.1 Å². The Balaban J connectivity index is 1.72. The van der Waals surface area contributed by atoms with Crippen LogP contribution in [-0.4, -0.2) is 26.6 Å². The second-order valence-corrected chi connectivity index (χ2v) is 7.67. The van der Waals surface area contributed by atoms with Gasteiger partial charge in [-0.1, -0.05) is 29.8 Å². The van der Waals surface area contributed by atoms with Gasteiger partial charge in [0.2, 0.25) is 11.9 Å². The SMILES string of the molecule is CC(=O)Nc1ccc([C@@H]2C(C(=O)Nc3ccc(C)cc3C)=C(C)Nc3ncnn32)cc1. The van der Waals surface area contributed by atoms with Crippen LogP contribution in [0.15, 0.2) is 60.1 Å². The highest BCUT2D eigenvalue weighted by Crippen LogP contribution is 2.35. The van der Waals surface area contributed by atoms with Gasteiger partial charge in [0.1, 0.15) is 12.4 Å². The smallest absolute Gasteiger partial charge is 0.255 e. The molecule has 1 atom stereocenters. The quantitative estimate of drug-likeness (QED) is 0.601. The summed E-state index contributed by atoms with van der Waals surface area (Å²) in [6.07, 6.45) is 1.46. The molecule has 1 aliphatic heterocycles. The summed E-state index contributed by atoms with van der Waals surface area (Å²) < 4.78 is 1.69. The van der Waals surface area contributed by atoms with Gasteiger partial charge in [-0.05, 0) is 50.1 Å². The summed E-state index contributed by atoms with van der Waals surface area (Å²) in [5, 5.41) is 13.3. The molecule has 1 aliphatic rings. The Labute approximate surface area is 180 Å². The fourth-order valence-electron chi connectivity index (χ4n) is 3.79. The molecule has 3 N–H and O–H groups in total. The molecule has 0 saturated carbocycles. The lowest BCUT2D eigenvalue weighted by Crippen LogP contribution is -2.31. The number of amides is 2. The maximum absolute atomic E-state index is 13.4. The molecular formula is C23H24N6O2. The number of nitrogens with zero attached hydrogens (tertiary/aromatic N) is 3. The molecule has 3 aromatic rings. The van der Waals surface area contributed by atoms with Gasteiger partial charge in [0, 0.05) is 24.0 Å². The van der Waals surface area contributed by atoms with Crippen LogP contribution < -0.4 is 16.0 Å². The number of allylic oxidation sites excluding steroid dienone is 1. The number of aryl methyl sites for hydroxylation is 2. The van der Waals surface area contributed by atoms with E-state index in [0.717, 1.165) is 22.4 Å². The molecule has 0 aliphatic carbocycles. The van der Waals surface area contributed by atoms with E-state index in [4.69, 9.17) is 0 Å². The van der Waals surface area contributed by atoms with Crippen LogP contribution in [0, 0.1) is 13.8 Å². The van der Waals surface area contributed by atoms with Crippen LogP contribution in [0.1, 0.15) is 36.6 Å². The number of benzene rings is 2. The van der Waals surface area contributed by atoms with Crippen molar-refractivity contribution in [3.63, 3.8) is 0 Å². The molecule has 0 fully saturated rings. The minimum atomic E-state index is -0.462. The van der Waals surface area contributed by atoms with E-state index >= 15 is 0 Å². The lowest BCUT2D eigenvalue weighted by molar-refractivity contribution is -0.114. The highest BCUT2D eigenvalue weighted by Gasteiger charge is 2.33. The molecule has 2 heterocycles. The van der Waals surface area contributed by atoms with Gasteiger partial charge >= 0.3 is 0 Å². The largest absolute Gasteiger partial charge is 0.328 e. The van der Waals surface area contributed by atoms with Gasteiger partial charge in [-0.3, -0.25) is 9.59 Å². The van der Waals surface area contributed by atoms with Crippen LogP contribution in [0.4, 0.5) is 17.3 Å². The van der Waals surface area contributed by atoms with Gasteiger partial charge in [0.15, 0.2) is 0 Å². The predicted molar refractivity (Wildman–Crippen MR) is 120 cm³/mol. The first-order chi connectivity index (χ1) is 14.8. The Morgan fingerprint density at radius 1 is 1.03 bits per heavy atom. The summed E-state index contributed by atoms with van der Waals surface area (Å²) in [6, 6.07) is 12.8. The molecule has 8 heteroatoms. The minimum Gasteiger partial charge on any atom is -0.328 e. The number of nitrogens with one attached hydrogen (secondary N) is 3. The van der Waals surface area contributed by atoms with Crippen LogP contribution in [0.5, 0.6) is 0 Å². The van der Waals surface area contributed by atoms with Crippen LogP contribution in [0.25, 0.3) is 0 Å². The number of carbonyl (C=O) groups excluding carboxylic acids is 2. The summed E-state index contributed by atoms with van der Waals surface area (Å²) in [5.41, 5.74) is 5.69. The zero-order valence-corrected chi connectivity index (χ0v) is 17.9. The average molecular weight is 416 g/mol. The monoisotopic (exact) mass is 416 g/mol. The average Bonchev–Trinajstić information content (AvgIpc) is 3.17. The van der Waals surface area contributed by atoms with E-state index in [1.165, 1.54) is 13.3 Å². The fraction of sp³-hybridized carbons (Fsp3) is 0.217. The van der Waals surface area contributed by atoms with Gasteiger partial charge in [0.25, 0.3) is 5.91 Å². The number of rotatable bonds is 4. The number of hydrogen-bond donors (Lipinski definition) is 3. The maximum Gasteiger partial charge on any atom is 0.255 e. The molecule has 2 aromatic carbocycles. The Morgan fingerprint density at radius 2 is 1.77 bits per heavy atom. The third kappa shape index (κ3) is 4.05. The highest BCUT2D eigenvalue weighted by atomic mass is 16.2. The molecule has 4 rings (SSSR count). The van der Waals surface area contributed by atoms with E-state index in [-0.39, 0.29) is 11.8 Å². The van der Waals surface area contributed by atoms with Gasteiger partial charge in [-0.2, -0.15) is 10.1 Å². The molecule has 1 aromatic heterocycles. The van der Waals surface area contributed by atoms with Gasteiger partial charge in [0.05, 0.1) is 5.57 Å². The fourth-order valence-corrected chi connectivity index (χ4v) is 3.79. The topological polar surface area (TPSA) is 101 Å². The van der Waals surface area contributed by atoms with Crippen molar-refractivity contribution in [1.29, 1.82) is 0 Å². The zero-order valence-electron chi connectivity index (χ0n) is 17.9. The van der Waals surface area contributed by atoms with E-state index in [2.05, 4.69) is 26.0 Å². The molecule has 158 valence electrons. The third-order valence-corrected chi connectivity index (χ3v) is 5.22. The van der Waals surface area contributed by atoms with E-state index in [0.29, 0.717) is 22.9 Å². The maximum atomic E-state index is 13.4. The summed E-state index contributed by atoms with van der Waals surface area (Å²) in [5.74, 6) is 0.211. The number of carbonyl (C=O) groups is 2. The summed E-state index contributed by atoms with van der Waals surface area (Å²) in [7, 11) is 0. The molecular weight excluding hydrogens is 392 g/mol. The van der Waals surface area contributed by atoms with Crippen molar-refractivity contribution in [3.05, 3.63) is 76.8 Å². The number of anilines is 3. The van der Waals surface area contributed by atoms with E-state index < -0.39 is 6.04 Å². The van der Waals surface area contributed by atoms with Gasteiger partial charge in [-0.15, -0.1) is 0 Å². The Bertz CT molecular complexity index is 1190. The second kappa shape index (κ2) is 8.06. The molecule has 31 heavy (non-hydrogen) atoms. The summed E-state index contributed by atoms with van der Waals surface area (Å²) >= 11 is 0. The standard InChI is InChI=1S/C23H24N6O2/c1-13-5-10-19(14(2)11-13)28-22(31)20-15(3)26-23-24-12-25-29(23)21(20)17-6-8-18(9-7-17)27-16(4)30/h5-12,21H,1-4H3,(H,27,30)(H,28,31)(H,24,25,26)/t21-/m1/s1. The van der Waals surface area contributed by atoms with Gasteiger partial charge < -0.3 is 16.0 Å². The predicted octanol–water partition coefficient (Wildman–Crippen LogP) is 3.78. The number of fused-ring (bicyclic) bond motifs is 1. The van der Waals surface area contributed by atoms with Crippen molar-refractivity contribution in [3.8, 4) is 0 Å². The van der Waals surface area contributed by atoms with Crippen LogP contribution in [0.2, 0.25) is 0 Å². The first-order valence-electron chi connectivity index (χ1n) is 9.97. The molecule has 0 spiro atoms. The molecule has 0 unspecified atom stereocenters. The van der Waals surface area contributed by atoms with E-state index in [1.807, 2.05) is 63.2 Å². The van der Waals surface area contributed by atoms with Crippen LogP contribution in [0.3, 0.4) is 0 Å². The van der Waals surface area contributed by atoms with E-state index in [1.54, 1.807) is 4.68 Å². The number of aromatic nitrogens is 3. The lowest BCUT2D eigenvalue weighted by Gasteiger charge is -2.29. The number of hydrogen-bond acceptors (Lipinski definition) is 5. The normalized spacial score (nSPS) is 15.2. The molecule has 0 radical (unpaired) electrons. The minimum absolute atomic E-state index is 0.141. The molecule has 2 amide bonds. The lowest BCUT2D eigenvalue weighted by atomic mass is 9.94. The third-order valence-electron chi connectivity index (χ3n) is 5.22. The summed E-state index contributed by atoms with van der Waals surface area (Å²) in [6.45, 7) is 7.30. The Morgan fingerprint density at radius 3 is 2.45 bits per heavy atom. The van der Waals surface area contributed by atoms with Crippen molar-refractivity contribution in [2.45, 2.75) is 33.7 Å². The van der Waals surface area contributed by atoms with Gasteiger partial charge in [-0.25, -0.2) is 4.68 Å². The van der Waals surface area contributed by atoms with Crippen molar-refractivity contribution in [2.75, 3.05) is 16.0 Å². The van der Waals surface area contributed by atoms with Crippen LogP contribution >= 0.6 is 0 Å². The van der Waals surface area contributed by atoms with Crippen molar-refractivity contribution in [1.82, 2.24) is 14.8 Å².